The van der Waals surface area contributed by atoms with E-state index in [0.717, 1.165) is 11.8 Å². The third kappa shape index (κ3) is 1.32. The number of nitrogens with one attached hydrogen (secondary N) is 1. The molecule has 1 N–H and O–H groups in total. The molecule has 0 spiro atoms. The van der Waals surface area contributed by atoms with Gasteiger partial charge in [-0.3, -0.25) is 4.99 Å². The molecule has 2 rings (SSSR count). The Morgan fingerprint density at radius 2 is 2.09 bits per heavy atom. The summed E-state index contributed by atoms with van der Waals surface area (Å²) in [5, 5.41) is 3.44. The normalized spacial score (nSPS) is 43.5. The van der Waals surface area contributed by atoms with Gasteiger partial charge in [-0.2, -0.15) is 0 Å². The zero-order valence-corrected chi connectivity index (χ0v) is 6.92. The molecule has 0 aromatic heterocycles. The van der Waals surface area contributed by atoms with E-state index in [1.165, 1.54) is 32.4 Å². The Morgan fingerprint density at radius 1 is 1.27 bits per heavy atom. The first-order valence-electron chi connectivity index (χ1n) is 4.56. The first kappa shape index (κ1) is 7.29. The Bertz CT molecular complexity index is 142. The van der Waals surface area contributed by atoms with E-state index in [9.17, 15) is 0 Å². The van der Waals surface area contributed by atoms with Crippen molar-refractivity contribution in [3.8, 4) is 0 Å². The van der Waals surface area contributed by atoms with E-state index in [0.29, 0.717) is 6.04 Å². The molecule has 1 saturated heterocycles. The number of hydrogen-bond acceptors (Lipinski definition) is 2. The molecule has 0 radical (unpaired) electrons. The Hall–Kier alpha value is -0.370. The number of hydrogen-bond donors (Lipinski definition) is 1. The van der Waals surface area contributed by atoms with Crippen LogP contribution in [0.1, 0.15) is 19.3 Å². The van der Waals surface area contributed by atoms with Crippen LogP contribution < -0.4 is 5.32 Å². The predicted octanol–water partition coefficient (Wildman–Crippen LogP) is 1.08. The lowest BCUT2D eigenvalue weighted by molar-refractivity contribution is 0.295. The van der Waals surface area contributed by atoms with Gasteiger partial charge in [0.25, 0.3) is 0 Å². The number of piperidine rings is 1. The zero-order valence-electron chi connectivity index (χ0n) is 6.92. The van der Waals surface area contributed by atoms with Gasteiger partial charge in [0.1, 0.15) is 0 Å². The van der Waals surface area contributed by atoms with E-state index >= 15 is 0 Å². The highest BCUT2D eigenvalue weighted by atomic mass is 14.9. The van der Waals surface area contributed by atoms with Gasteiger partial charge in [-0.15, -0.1) is 0 Å². The summed E-state index contributed by atoms with van der Waals surface area (Å²) in [6.07, 6.45) is 3.94. The van der Waals surface area contributed by atoms with Gasteiger partial charge in [0, 0.05) is 6.04 Å². The fraction of sp³-hybridized carbons (Fsp3) is 0.889. The second-order valence-electron chi connectivity index (χ2n) is 3.82. The third-order valence-electron chi connectivity index (χ3n) is 3.17. The fourth-order valence-electron chi connectivity index (χ4n) is 2.51. The highest BCUT2D eigenvalue weighted by molar-refractivity contribution is 5.24. The highest BCUT2D eigenvalue weighted by Crippen LogP contribution is 2.36. The molecule has 2 fully saturated rings. The summed E-state index contributed by atoms with van der Waals surface area (Å²) in [5.74, 6) is 1.85. The molecular weight excluding hydrogens is 136 g/mol. The fourth-order valence-corrected chi connectivity index (χ4v) is 2.51. The maximum atomic E-state index is 4.13. The van der Waals surface area contributed by atoms with Crippen LogP contribution in [0.5, 0.6) is 0 Å². The molecule has 62 valence electrons. The van der Waals surface area contributed by atoms with Crippen molar-refractivity contribution in [2.75, 3.05) is 13.1 Å². The maximum Gasteiger partial charge on any atom is 0.0498 e. The van der Waals surface area contributed by atoms with Crippen LogP contribution >= 0.6 is 0 Å². The van der Waals surface area contributed by atoms with E-state index in [2.05, 4.69) is 17.0 Å². The summed E-state index contributed by atoms with van der Waals surface area (Å²) in [6, 6.07) is 0.574. The number of rotatable bonds is 1. The summed E-state index contributed by atoms with van der Waals surface area (Å²) in [4.78, 5) is 4.13. The van der Waals surface area contributed by atoms with Crippen molar-refractivity contribution in [2.24, 2.45) is 16.8 Å². The Morgan fingerprint density at radius 3 is 2.82 bits per heavy atom. The quantitative estimate of drug-likeness (QED) is 0.558. The van der Waals surface area contributed by atoms with Crippen LogP contribution in [0.15, 0.2) is 4.99 Å². The number of fused-ring (bicyclic) bond motifs is 1. The van der Waals surface area contributed by atoms with Crippen LogP contribution in [0.25, 0.3) is 0 Å². The number of nitrogens with zero attached hydrogens (tertiary/aromatic N) is 1. The monoisotopic (exact) mass is 152 g/mol. The van der Waals surface area contributed by atoms with Crippen LogP contribution in [-0.2, 0) is 0 Å². The summed E-state index contributed by atoms with van der Waals surface area (Å²) < 4.78 is 0. The van der Waals surface area contributed by atoms with Gasteiger partial charge >= 0.3 is 0 Å². The lowest BCUT2D eigenvalue weighted by Gasteiger charge is -2.25. The van der Waals surface area contributed by atoms with Crippen molar-refractivity contribution in [2.45, 2.75) is 25.3 Å². The SMILES string of the molecule is C=NC1CC2CCNCC2C1. The van der Waals surface area contributed by atoms with Crippen LogP contribution in [-0.4, -0.2) is 25.8 Å². The summed E-state index contributed by atoms with van der Waals surface area (Å²) in [5.41, 5.74) is 0. The van der Waals surface area contributed by atoms with Gasteiger partial charge in [-0.05, 0) is 50.9 Å². The molecule has 3 atom stereocenters. The summed E-state index contributed by atoms with van der Waals surface area (Å²) in [7, 11) is 0. The second-order valence-corrected chi connectivity index (χ2v) is 3.82. The summed E-state index contributed by atoms with van der Waals surface area (Å²) in [6.45, 7) is 6.06. The van der Waals surface area contributed by atoms with Gasteiger partial charge < -0.3 is 5.32 Å². The van der Waals surface area contributed by atoms with E-state index < -0.39 is 0 Å². The molecule has 11 heavy (non-hydrogen) atoms. The van der Waals surface area contributed by atoms with Gasteiger partial charge in [-0.1, -0.05) is 0 Å². The molecule has 3 unspecified atom stereocenters. The van der Waals surface area contributed by atoms with Crippen molar-refractivity contribution in [1.82, 2.24) is 5.32 Å². The van der Waals surface area contributed by atoms with Crippen molar-refractivity contribution < 1.29 is 0 Å². The van der Waals surface area contributed by atoms with E-state index in [-0.39, 0.29) is 0 Å². The molecule has 1 aliphatic carbocycles. The van der Waals surface area contributed by atoms with Gasteiger partial charge in [0.15, 0.2) is 0 Å². The van der Waals surface area contributed by atoms with Crippen LogP contribution in [0, 0.1) is 11.8 Å². The van der Waals surface area contributed by atoms with Crippen molar-refractivity contribution >= 4 is 6.72 Å². The molecule has 1 heterocycles. The van der Waals surface area contributed by atoms with E-state index in [1.807, 2.05) is 0 Å². The van der Waals surface area contributed by atoms with Gasteiger partial charge in [-0.25, -0.2) is 0 Å². The molecule has 0 amide bonds. The van der Waals surface area contributed by atoms with Crippen LogP contribution in [0.3, 0.4) is 0 Å². The molecular formula is C9H16N2. The largest absolute Gasteiger partial charge is 0.316 e. The zero-order chi connectivity index (χ0) is 7.68. The molecule has 0 aromatic carbocycles. The van der Waals surface area contributed by atoms with Crippen molar-refractivity contribution in [3.63, 3.8) is 0 Å². The summed E-state index contributed by atoms with van der Waals surface area (Å²) >= 11 is 0. The minimum absolute atomic E-state index is 0.574. The molecule has 2 aliphatic rings. The van der Waals surface area contributed by atoms with Crippen molar-refractivity contribution in [3.05, 3.63) is 0 Å². The smallest absolute Gasteiger partial charge is 0.0498 e. The van der Waals surface area contributed by atoms with E-state index in [4.69, 9.17) is 0 Å². The molecule has 2 heteroatoms. The van der Waals surface area contributed by atoms with Crippen LogP contribution in [0.4, 0.5) is 0 Å². The second kappa shape index (κ2) is 2.94. The number of aliphatic imine (C=N–C) groups is 1. The molecule has 1 saturated carbocycles. The Labute approximate surface area is 68.1 Å². The average molecular weight is 152 g/mol. The standard InChI is InChI=1S/C9H16N2/c1-10-9-4-7-2-3-11-6-8(7)5-9/h7-9,11H,1-6H2. The van der Waals surface area contributed by atoms with Crippen LogP contribution in [0.2, 0.25) is 0 Å². The molecule has 0 bridgehead atoms. The third-order valence-corrected chi connectivity index (χ3v) is 3.17. The highest BCUT2D eigenvalue weighted by Gasteiger charge is 2.34. The van der Waals surface area contributed by atoms with E-state index in [1.54, 1.807) is 0 Å². The topological polar surface area (TPSA) is 24.4 Å². The lowest BCUT2D eigenvalue weighted by Crippen LogP contribution is -2.33. The maximum absolute atomic E-state index is 4.13. The Balaban J connectivity index is 1.97. The lowest BCUT2D eigenvalue weighted by atomic mass is 9.90. The molecule has 0 aromatic rings. The first-order chi connectivity index (χ1) is 5.40. The first-order valence-corrected chi connectivity index (χ1v) is 4.56. The minimum Gasteiger partial charge on any atom is -0.316 e. The Kier molecular flexibility index (Phi) is 1.95. The van der Waals surface area contributed by atoms with Gasteiger partial charge in [0.2, 0.25) is 0 Å². The molecule has 1 aliphatic heterocycles. The predicted molar refractivity (Wildman–Crippen MR) is 47.0 cm³/mol. The van der Waals surface area contributed by atoms with Crippen molar-refractivity contribution in [1.29, 1.82) is 0 Å². The molecule has 2 nitrogen and oxygen atoms in total. The van der Waals surface area contributed by atoms with Gasteiger partial charge in [0.05, 0.1) is 0 Å². The minimum atomic E-state index is 0.574. The average Bonchev–Trinajstić information content (AvgIpc) is 2.46.